The first-order chi connectivity index (χ1) is 11.0. The van der Waals surface area contributed by atoms with Crippen molar-refractivity contribution >= 4 is 17.2 Å². The van der Waals surface area contributed by atoms with Gasteiger partial charge in [-0.25, -0.2) is 0 Å². The summed E-state index contributed by atoms with van der Waals surface area (Å²) in [4.78, 5) is 19.5. The topological polar surface area (TPSA) is 59.1 Å². The van der Waals surface area contributed by atoms with Gasteiger partial charge in [-0.2, -0.15) is 0 Å². The Bertz CT molecular complexity index is 461. The van der Waals surface area contributed by atoms with Gasteiger partial charge >= 0.3 is 0 Å². The van der Waals surface area contributed by atoms with E-state index in [1.165, 1.54) is 0 Å². The van der Waals surface area contributed by atoms with E-state index in [-0.39, 0.29) is 5.91 Å². The van der Waals surface area contributed by atoms with Crippen LogP contribution < -0.4 is 5.32 Å². The minimum Gasteiger partial charge on any atom is -0.390 e. The van der Waals surface area contributed by atoms with Crippen LogP contribution in [0.2, 0.25) is 0 Å². The van der Waals surface area contributed by atoms with Crippen molar-refractivity contribution in [2.75, 3.05) is 59.9 Å². The summed E-state index contributed by atoms with van der Waals surface area (Å²) >= 11 is 1.64. The molecule has 6 nitrogen and oxygen atoms in total. The summed E-state index contributed by atoms with van der Waals surface area (Å²) in [6.07, 6.45) is -0.423. The van der Waals surface area contributed by atoms with E-state index >= 15 is 0 Å². The molecule has 1 fully saturated rings. The molecular formula is C16H28N4O2S. The largest absolute Gasteiger partial charge is 0.390 e. The van der Waals surface area contributed by atoms with Crippen LogP contribution in [0.3, 0.4) is 0 Å². The van der Waals surface area contributed by atoms with E-state index in [1.54, 1.807) is 11.3 Å². The molecule has 1 aromatic rings. The number of thiophene rings is 1. The van der Waals surface area contributed by atoms with Crippen molar-refractivity contribution in [3.63, 3.8) is 0 Å². The van der Waals surface area contributed by atoms with Crippen molar-refractivity contribution in [1.29, 1.82) is 0 Å². The molecule has 130 valence electrons. The van der Waals surface area contributed by atoms with Crippen LogP contribution in [0.15, 0.2) is 17.5 Å². The predicted octanol–water partition coefficient (Wildman–Crippen LogP) is -0.0956. The Morgan fingerprint density at radius 2 is 2.17 bits per heavy atom. The molecule has 1 saturated heterocycles. The molecule has 0 aromatic carbocycles. The third kappa shape index (κ3) is 6.97. The number of aliphatic hydroxyl groups excluding tert-OH is 1. The number of piperazine rings is 1. The fraction of sp³-hybridized carbons (Fsp3) is 0.688. The van der Waals surface area contributed by atoms with E-state index < -0.39 is 6.10 Å². The van der Waals surface area contributed by atoms with Gasteiger partial charge in [0.05, 0.1) is 19.2 Å². The second-order valence-corrected chi connectivity index (χ2v) is 7.34. The Balaban J connectivity index is 1.61. The summed E-state index contributed by atoms with van der Waals surface area (Å²) in [6.45, 7) is 6.17. The van der Waals surface area contributed by atoms with Gasteiger partial charge in [0.15, 0.2) is 0 Å². The summed E-state index contributed by atoms with van der Waals surface area (Å²) in [6, 6.07) is 3.99. The van der Waals surface area contributed by atoms with Gasteiger partial charge in [-0.1, -0.05) is 6.07 Å². The van der Waals surface area contributed by atoms with Crippen LogP contribution in [-0.4, -0.2) is 91.7 Å². The van der Waals surface area contributed by atoms with E-state index in [2.05, 4.69) is 22.2 Å². The Hall–Kier alpha value is -0.990. The molecule has 1 atom stereocenters. The molecular weight excluding hydrogens is 312 g/mol. The van der Waals surface area contributed by atoms with Gasteiger partial charge in [-0.3, -0.25) is 14.6 Å². The Morgan fingerprint density at radius 3 is 2.83 bits per heavy atom. The Morgan fingerprint density at radius 1 is 1.43 bits per heavy atom. The lowest BCUT2D eigenvalue weighted by Gasteiger charge is -2.34. The summed E-state index contributed by atoms with van der Waals surface area (Å²) < 4.78 is 0. The molecule has 0 spiro atoms. The molecule has 1 amide bonds. The molecule has 1 aliphatic rings. The fourth-order valence-corrected chi connectivity index (χ4v) is 3.36. The summed E-state index contributed by atoms with van der Waals surface area (Å²) in [5.74, 6) is -0.00676. The first kappa shape index (κ1) is 18.4. The Labute approximate surface area is 142 Å². The number of likely N-dealkylation sites (N-methyl/N-ethyl adjacent to an activating group) is 2. The highest BCUT2D eigenvalue weighted by atomic mass is 32.1. The number of hydrogen-bond acceptors (Lipinski definition) is 6. The normalized spacial score (nSPS) is 18.3. The van der Waals surface area contributed by atoms with Gasteiger partial charge in [0.25, 0.3) is 0 Å². The molecule has 0 saturated carbocycles. The minimum absolute atomic E-state index is 0.00676. The third-order valence-corrected chi connectivity index (χ3v) is 4.92. The number of carbonyl (C=O) groups excluding carboxylic acids is 1. The van der Waals surface area contributed by atoms with Crippen molar-refractivity contribution < 1.29 is 9.90 Å². The Kier molecular flexibility index (Phi) is 7.45. The summed E-state index contributed by atoms with van der Waals surface area (Å²) in [5.41, 5.74) is 0. The summed E-state index contributed by atoms with van der Waals surface area (Å²) in [7, 11) is 3.99. The monoisotopic (exact) mass is 340 g/mol. The molecule has 1 unspecified atom stereocenters. The number of hydrogen-bond donors (Lipinski definition) is 2. The molecule has 7 heteroatoms. The lowest BCUT2D eigenvalue weighted by Crippen LogP contribution is -2.49. The van der Waals surface area contributed by atoms with Gasteiger partial charge in [0, 0.05) is 44.1 Å². The first-order valence-corrected chi connectivity index (χ1v) is 8.97. The number of carbonyl (C=O) groups is 1. The second-order valence-electron chi connectivity index (χ2n) is 6.31. The van der Waals surface area contributed by atoms with E-state index in [0.717, 1.165) is 31.1 Å². The molecule has 0 aliphatic carbocycles. The van der Waals surface area contributed by atoms with E-state index in [4.69, 9.17) is 0 Å². The second kappa shape index (κ2) is 9.34. The standard InChI is InChI=1S/C16H28N4O2S/c1-18-5-7-20(8-6-18)12-14(21)11-19(2)13-16(22)17-10-15-4-3-9-23-15/h3-4,9,14,21H,5-8,10-13H2,1-2H3,(H,17,22). The molecule has 1 aromatic heterocycles. The van der Waals surface area contributed by atoms with Gasteiger partial charge in [0.1, 0.15) is 0 Å². The van der Waals surface area contributed by atoms with Crippen molar-refractivity contribution in [3.8, 4) is 0 Å². The van der Waals surface area contributed by atoms with Crippen LogP contribution in [-0.2, 0) is 11.3 Å². The number of nitrogens with zero attached hydrogens (tertiary/aromatic N) is 3. The smallest absolute Gasteiger partial charge is 0.234 e. The average Bonchev–Trinajstić information content (AvgIpc) is 3.00. The molecule has 1 aliphatic heterocycles. The average molecular weight is 340 g/mol. The van der Waals surface area contributed by atoms with Crippen molar-refractivity contribution in [3.05, 3.63) is 22.4 Å². The van der Waals surface area contributed by atoms with Crippen molar-refractivity contribution in [2.45, 2.75) is 12.6 Å². The van der Waals surface area contributed by atoms with Crippen LogP contribution in [0.5, 0.6) is 0 Å². The van der Waals surface area contributed by atoms with E-state index in [1.807, 2.05) is 29.5 Å². The van der Waals surface area contributed by atoms with Gasteiger partial charge in [0.2, 0.25) is 5.91 Å². The van der Waals surface area contributed by atoms with Gasteiger partial charge in [-0.05, 0) is 25.5 Å². The zero-order valence-corrected chi connectivity index (χ0v) is 14.9. The highest BCUT2D eigenvalue weighted by Crippen LogP contribution is 2.07. The maximum Gasteiger partial charge on any atom is 0.234 e. The first-order valence-electron chi connectivity index (χ1n) is 8.09. The highest BCUT2D eigenvalue weighted by molar-refractivity contribution is 7.09. The maximum atomic E-state index is 11.9. The number of amides is 1. The number of rotatable bonds is 8. The molecule has 0 radical (unpaired) electrons. The van der Waals surface area contributed by atoms with Gasteiger partial charge in [-0.15, -0.1) is 11.3 Å². The van der Waals surface area contributed by atoms with Crippen LogP contribution >= 0.6 is 11.3 Å². The fourth-order valence-electron chi connectivity index (χ4n) is 2.71. The number of β-amino-alcohol motifs (C(OH)–C–C–N with tert-alkyl or cyclic N) is 1. The molecule has 23 heavy (non-hydrogen) atoms. The zero-order chi connectivity index (χ0) is 16.7. The quantitative estimate of drug-likeness (QED) is 0.692. The molecule has 2 heterocycles. The van der Waals surface area contributed by atoms with Gasteiger partial charge < -0.3 is 15.3 Å². The van der Waals surface area contributed by atoms with Crippen molar-refractivity contribution in [2.24, 2.45) is 0 Å². The van der Waals surface area contributed by atoms with Crippen LogP contribution in [0.4, 0.5) is 0 Å². The summed E-state index contributed by atoms with van der Waals surface area (Å²) in [5, 5.41) is 15.1. The molecule has 0 bridgehead atoms. The SMILES string of the molecule is CN1CCN(CC(O)CN(C)CC(=O)NCc2cccs2)CC1. The van der Waals surface area contributed by atoms with Crippen LogP contribution in [0.1, 0.15) is 4.88 Å². The minimum atomic E-state index is -0.423. The van der Waals surface area contributed by atoms with E-state index in [9.17, 15) is 9.90 Å². The van der Waals surface area contributed by atoms with Crippen LogP contribution in [0, 0.1) is 0 Å². The van der Waals surface area contributed by atoms with Crippen LogP contribution in [0.25, 0.3) is 0 Å². The van der Waals surface area contributed by atoms with Crippen molar-refractivity contribution in [1.82, 2.24) is 20.0 Å². The lowest BCUT2D eigenvalue weighted by atomic mass is 10.2. The van der Waals surface area contributed by atoms with E-state index in [0.29, 0.717) is 26.2 Å². The number of nitrogens with one attached hydrogen (secondary N) is 1. The zero-order valence-electron chi connectivity index (χ0n) is 14.1. The number of aliphatic hydroxyl groups is 1. The third-order valence-electron chi connectivity index (χ3n) is 4.04. The molecule has 2 rings (SSSR count). The highest BCUT2D eigenvalue weighted by Gasteiger charge is 2.18. The molecule has 2 N–H and O–H groups in total. The predicted molar refractivity (Wildman–Crippen MR) is 93.6 cm³/mol. The maximum absolute atomic E-state index is 11.9. The lowest BCUT2D eigenvalue weighted by molar-refractivity contribution is -0.122.